The smallest absolute Gasteiger partial charge is 0.253 e. The van der Waals surface area contributed by atoms with E-state index in [9.17, 15) is 12.8 Å². The molecule has 1 aromatic rings. The molecule has 0 heterocycles. The molecule has 0 aromatic heterocycles. The first-order valence-electron chi connectivity index (χ1n) is 5.66. The quantitative estimate of drug-likeness (QED) is 0.779. The number of nitrogens with zero attached hydrogens (tertiary/aromatic N) is 1. The molecule has 0 aliphatic carbocycles. The Balaban J connectivity index is 3.19. The highest BCUT2D eigenvalue weighted by molar-refractivity contribution is 7.89. The molecular weight excluding hydrogens is 293 g/mol. The third-order valence-corrected chi connectivity index (χ3v) is 4.14. The van der Waals surface area contributed by atoms with Crippen LogP contribution in [0.5, 0.6) is 0 Å². The van der Waals surface area contributed by atoms with E-state index in [4.69, 9.17) is 11.6 Å². The van der Waals surface area contributed by atoms with E-state index in [1.54, 1.807) is 0 Å². The third kappa shape index (κ3) is 4.39. The molecule has 1 rings (SSSR count). The van der Waals surface area contributed by atoms with Gasteiger partial charge in [-0.15, -0.1) is 4.83 Å². The Morgan fingerprint density at radius 1 is 1.37 bits per heavy atom. The van der Waals surface area contributed by atoms with Crippen molar-refractivity contribution in [2.24, 2.45) is 0 Å². The van der Waals surface area contributed by atoms with Crippen LogP contribution in [0.15, 0.2) is 17.0 Å². The summed E-state index contributed by atoms with van der Waals surface area (Å²) in [5, 5.41) is 4.18. The van der Waals surface area contributed by atoms with Crippen LogP contribution in [-0.2, 0) is 16.6 Å². The van der Waals surface area contributed by atoms with Gasteiger partial charge in [0.2, 0.25) is 0 Å². The molecule has 2 N–H and O–H groups in total. The van der Waals surface area contributed by atoms with Crippen LogP contribution < -0.4 is 10.1 Å². The summed E-state index contributed by atoms with van der Waals surface area (Å²) >= 11 is 5.82. The van der Waals surface area contributed by atoms with Gasteiger partial charge in [-0.2, -0.15) is 0 Å². The fraction of sp³-hybridized carbons (Fsp3) is 0.455. The van der Waals surface area contributed by atoms with E-state index in [2.05, 4.69) is 10.1 Å². The van der Waals surface area contributed by atoms with Gasteiger partial charge >= 0.3 is 0 Å². The van der Waals surface area contributed by atoms with Gasteiger partial charge in [-0.25, -0.2) is 17.8 Å². The number of benzene rings is 1. The number of hydrazine groups is 1. The summed E-state index contributed by atoms with van der Waals surface area (Å²) in [4.78, 5) is 2.08. The maximum atomic E-state index is 13.7. The maximum Gasteiger partial charge on any atom is 0.253 e. The molecule has 1 aromatic carbocycles. The van der Waals surface area contributed by atoms with Crippen molar-refractivity contribution in [3.05, 3.63) is 28.5 Å². The minimum absolute atomic E-state index is 0.0650. The number of rotatable bonds is 6. The molecule has 0 saturated carbocycles. The Labute approximate surface area is 117 Å². The second kappa shape index (κ2) is 6.62. The number of halogens is 2. The standard InChI is InChI=1S/C11H17ClFN3O2S/c1-4-14-7-8-5-9(6-10(13)11(8)12)19(17,18)15-16(2)3/h5-6,14-15H,4,7H2,1-3H3. The number of sulfonamides is 1. The van der Waals surface area contributed by atoms with E-state index in [-0.39, 0.29) is 9.92 Å². The Morgan fingerprint density at radius 3 is 2.53 bits per heavy atom. The highest BCUT2D eigenvalue weighted by Crippen LogP contribution is 2.24. The summed E-state index contributed by atoms with van der Waals surface area (Å²) in [5.41, 5.74) is 0.405. The van der Waals surface area contributed by atoms with Crippen molar-refractivity contribution in [2.75, 3.05) is 20.6 Å². The maximum absolute atomic E-state index is 13.7. The molecular formula is C11H17ClFN3O2S. The Kier molecular flexibility index (Phi) is 5.69. The zero-order valence-corrected chi connectivity index (χ0v) is 12.6. The Hall–Kier alpha value is -0.730. The first-order valence-corrected chi connectivity index (χ1v) is 7.52. The van der Waals surface area contributed by atoms with E-state index < -0.39 is 15.8 Å². The van der Waals surface area contributed by atoms with Crippen LogP contribution >= 0.6 is 11.6 Å². The first kappa shape index (κ1) is 16.3. The second-order valence-corrected chi connectivity index (χ2v) is 6.19. The van der Waals surface area contributed by atoms with Gasteiger partial charge in [-0.1, -0.05) is 18.5 Å². The van der Waals surface area contributed by atoms with Crippen molar-refractivity contribution in [3.8, 4) is 0 Å². The molecule has 0 amide bonds. The molecule has 0 unspecified atom stereocenters. The van der Waals surface area contributed by atoms with Crippen molar-refractivity contribution in [3.63, 3.8) is 0 Å². The van der Waals surface area contributed by atoms with Crippen LogP contribution in [0.2, 0.25) is 5.02 Å². The van der Waals surface area contributed by atoms with Crippen LogP contribution in [-0.4, -0.2) is 34.1 Å². The van der Waals surface area contributed by atoms with Crippen LogP contribution in [0.3, 0.4) is 0 Å². The van der Waals surface area contributed by atoms with Crippen LogP contribution in [0, 0.1) is 5.82 Å². The van der Waals surface area contributed by atoms with Gasteiger partial charge in [0, 0.05) is 20.6 Å². The van der Waals surface area contributed by atoms with Crippen molar-refractivity contribution in [2.45, 2.75) is 18.4 Å². The lowest BCUT2D eigenvalue weighted by Gasteiger charge is -2.14. The molecule has 0 radical (unpaired) electrons. The Bertz CT molecular complexity index is 549. The van der Waals surface area contributed by atoms with Crippen molar-refractivity contribution >= 4 is 21.6 Å². The molecule has 0 bridgehead atoms. The third-order valence-electron chi connectivity index (χ3n) is 2.26. The number of nitrogens with one attached hydrogen (secondary N) is 2. The van der Waals surface area contributed by atoms with Crippen molar-refractivity contribution in [1.29, 1.82) is 0 Å². The molecule has 5 nitrogen and oxygen atoms in total. The predicted molar refractivity (Wildman–Crippen MR) is 72.8 cm³/mol. The summed E-state index contributed by atoms with van der Waals surface area (Å²) < 4.78 is 37.6. The average Bonchev–Trinajstić information content (AvgIpc) is 2.29. The largest absolute Gasteiger partial charge is 0.313 e. The average molecular weight is 310 g/mol. The topological polar surface area (TPSA) is 61.4 Å². The highest BCUT2D eigenvalue weighted by atomic mass is 35.5. The molecule has 0 atom stereocenters. The number of hydrogen-bond donors (Lipinski definition) is 2. The van der Waals surface area contributed by atoms with Gasteiger partial charge in [0.15, 0.2) is 0 Å². The molecule has 19 heavy (non-hydrogen) atoms. The Morgan fingerprint density at radius 2 is 2.00 bits per heavy atom. The van der Waals surface area contributed by atoms with E-state index in [0.717, 1.165) is 6.07 Å². The molecule has 0 fully saturated rings. The van der Waals surface area contributed by atoms with Crippen LogP contribution in [0.1, 0.15) is 12.5 Å². The molecule has 0 spiro atoms. The first-order chi connectivity index (χ1) is 8.77. The lowest BCUT2D eigenvalue weighted by Crippen LogP contribution is -2.36. The fourth-order valence-corrected chi connectivity index (χ4v) is 2.77. The summed E-state index contributed by atoms with van der Waals surface area (Å²) in [6, 6.07) is 2.27. The minimum Gasteiger partial charge on any atom is -0.313 e. The van der Waals surface area contributed by atoms with Crippen molar-refractivity contribution < 1.29 is 12.8 Å². The monoisotopic (exact) mass is 309 g/mol. The highest BCUT2D eigenvalue weighted by Gasteiger charge is 2.19. The van der Waals surface area contributed by atoms with Gasteiger partial charge in [0.05, 0.1) is 9.92 Å². The van der Waals surface area contributed by atoms with E-state index in [1.165, 1.54) is 25.2 Å². The van der Waals surface area contributed by atoms with Gasteiger partial charge in [-0.05, 0) is 24.2 Å². The van der Waals surface area contributed by atoms with E-state index in [0.29, 0.717) is 18.7 Å². The summed E-state index contributed by atoms with van der Waals surface area (Å²) in [6.45, 7) is 2.86. The van der Waals surface area contributed by atoms with Crippen molar-refractivity contribution in [1.82, 2.24) is 15.2 Å². The lowest BCUT2D eigenvalue weighted by molar-refractivity contribution is 0.364. The van der Waals surface area contributed by atoms with Crippen LogP contribution in [0.25, 0.3) is 0 Å². The van der Waals surface area contributed by atoms with Gasteiger partial charge in [0.1, 0.15) is 5.82 Å². The van der Waals surface area contributed by atoms with Gasteiger partial charge in [0.25, 0.3) is 10.0 Å². The van der Waals surface area contributed by atoms with Gasteiger partial charge in [-0.3, -0.25) is 0 Å². The molecule has 0 aliphatic rings. The normalized spacial score (nSPS) is 12.1. The summed E-state index contributed by atoms with van der Waals surface area (Å²) in [7, 11) is -0.735. The van der Waals surface area contributed by atoms with E-state index in [1.807, 2.05) is 6.92 Å². The minimum atomic E-state index is -3.80. The fourth-order valence-electron chi connectivity index (χ4n) is 1.45. The lowest BCUT2D eigenvalue weighted by atomic mass is 10.2. The van der Waals surface area contributed by atoms with E-state index >= 15 is 0 Å². The summed E-state index contributed by atoms with van der Waals surface area (Å²) in [5.74, 6) is -0.754. The molecule has 0 saturated heterocycles. The molecule has 108 valence electrons. The number of hydrogen-bond acceptors (Lipinski definition) is 4. The van der Waals surface area contributed by atoms with Crippen LogP contribution in [0.4, 0.5) is 4.39 Å². The zero-order valence-electron chi connectivity index (χ0n) is 11.0. The predicted octanol–water partition coefficient (Wildman–Crippen LogP) is 1.34. The molecule has 8 heteroatoms. The summed E-state index contributed by atoms with van der Waals surface area (Å²) in [6.07, 6.45) is 0. The SMILES string of the molecule is CCNCc1cc(S(=O)(=O)NN(C)C)cc(F)c1Cl. The second-order valence-electron chi connectivity index (χ2n) is 4.15. The van der Waals surface area contributed by atoms with Gasteiger partial charge < -0.3 is 5.32 Å². The molecule has 0 aliphatic heterocycles. The zero-order chi connectivity index (χ0) is 14.6.